The first-order valence-electron chi connectivity index (χ1n) is 8.72. The SMILES string of the molecule is O=C(c1cccnc1)N(NCc1ccncc1)c1ccc(C(F)(F)F)c(C(F)(F)F)c1. The summed E-state index contributed by atoms with van der Waals surface area (Å²) in [6.45, 7) is -0.00308. The van der Waals surface area contributed by atoms with Gasteiger partial charge in [0, 0.05) is 31.3 Å². The van der Waals surface area contributed by atoms with Crippen LogP contribution in [0, 0.1) is 0 Å². The molecular formula is C20H14F6N4O. The number of hydrazine groups is 1. The number of carbonyl (C=O) groups excluding carboxylic acids is 1. The number of benzene rings is 1. The Bertz CT molecular complexity index is 1040. The van der Waals surface area contributed by atoms with Crippen LogP contribution in [0.5, 0.6) is 0 Å². The topological polar surface area (TPSA) is 58.1 Å². The molecule has 0 saturated carbocycles. The lowest BCUT2D eigenvalue weighted by molar-refractivity contribution is -0.162. The van der Waals surface area contributed by atoms with Gasteiger partial charge in [-0.2, -0.15) is 26.3 Å². The summed E-state index contributed by atoms with van der Waals surface area (Å²) < 4.78 is 79.4. The third-order valence-electron chi connectivity index (χ3n) is 4.17. The van der Waals surface area contributed by atoms with E-state index in [4.69, 9.17) is 0 Å². The highest BCUT2D eigenvalue weighted by molar-refractivity contribution is 6.05. The molecule has 3 rings (SSSR count). The van der Waals surface area contributed by atoms with Gasteiger partial charge in [0.05, 0.1) is 22.4 Å². The average molecular weight is 440 g/mol. The van der Waals surface area contributed by atoms with Crippen LogP contribution < -0.4 is 10.4 Å². The summed E-state index contributed by atoms with van der Waals surface area (Å²) in [6, 6.07) is 7.42. The number of carbonyl (C=O) groups is 1. The average Bonchev–Trinajstić information content (AvgIpc) is 2.73. The van der Waals surface area contributed by atoms with Gasteiger partial charge in [0.2, 0.25) is 0 Å². The highest BCUT2D eigenvalue weighted by atomic mass is 19.4. The Hall–Kier alpha value is -3.47. The standard InChI is InChI=1S/C20H14F6N4O/c21-19(22,23)16-4-3-15(10-17(16)20(24,25)26)30(18(31)14-2-1-7-28-12-14)29-11-13-5-8-27-9-6-13/h1-10,12,29H,11H2. The molecule has 5 nitrogen and oxygen atoms in total. The van der Waals surface area contributed by atoms with Crippen molar-refractivity contribution in [2.24, 2.45) is 0 Å². The number of rotatable bonds is 5. The molecule has 0 spiro atoms. The van der Waals surface area contributed by atoms with Gasteiger partial charge in [-0.05, 0) is 48.0 Å². The molecule has 0 aliphatic heterocycles. The van der Waals surface area contributed by atoms with Gasteiger partial charge in [-0.25, -0.2) is 10.4 Å². The van der Waals surface area contributed by atoms with Gasteiger partial charge >= 0.3 is 12.4 Å². The van der Waals surface area contributed by atoms with Crippen molar-refractivity contribution >= 4 is 11.6 Å². The quantitative estimate of drug-likeness (QED) is 0.455. The Labute approximate surface area is 172 Å². The van der Waals surface area contributed by atoms with E-state index in [0.717, 1.165) is 11.1 Å². The summed E-state index contributed by atoms with van der Waals surface area (Å²) in [4.78, 5) is 20.5. The second-order valence-electron chi connectivity index (χ2n) is 6.30. The lowest BCUT2D eigenvalue weighted by atomic mass is 10.0. The van der Waals surface area contributed by atoms with Crippen molar-refractivity contribution in [1.29, 1.82) is 0 Å². The summed E-state index contributed by atoms with van der Waals surface area (Å²) >= 11 is 0. The molecule has 0 aliphatic rings. The maximum absolute atomic E-state index is 13.4. The first kappa shape index (κ1) is 22.2. The predicted octanol–water partition coefficient (Wildman–Crippen LogP) is 4.87. The second-order valence-corrected chi connectivity index (χ2v) is 6.30. The summed E-state index contributed by atoms with van der Waals surface area (Å²) in [5, 5.41) is 0.757. The van der Waals surface area contributed by atoms with E-state index in [1.54, 1.807) is 12.1 Å². The zero-order valence-corrected chi connectivity index (χ0v) is 15.6. The molecule has 3 aromatic rings. The number of hydrogen-bond donors (Lipinski definition) is 1. The van der Waals surface area contributed by atoms with Crippen LogP contribution in [0.25, 0.3) is 0 Å². The van der Waals surface area contributed by atoms with Gasteiger partial charge in [0.15, 0.2) is 0 Å². The van der Waals surface area contributed by atoms with E-state index in [0.29, 0.717) is 11.6 Å². The summed E-state index contributed by atoms with van der Waals surface area (Å²) in [5.74, 6) is -0.796. The fourth-order valence-electron chi connectivity index (χ4n) is 2.72. The van der Waals surface area contributed by atoms with Crippen molar-refractivity contribution in [3.63, 3.8) is 0 Å². The lowest BCUT2D eigenvalue weighted by Crippen LogP contribution is -2.43. The van der Waals surface area contributed by atoms with E-state index in [2.05, 4.69) is 15.4 Å². The number of pyridine rings is 2. The Morgan fingerprint density at radius 2 is 1.55 bits per heavy atom. The van der Waals surface area contributed by atoms with Gasteiger partial charge in [0.25, 0.3) is 5.91 Å². The Balaban J connectivity index is 2.04. The van der Waals surface area contributed by atoms with Crippen LogP contribution in [0.3, 0.4) is 0 Å². The van der Waals surface area contributed by atoms with Crippen molar-refractivity contribution < 1.29 is 31.1 Å². The predicted molar refractivity (Wildman–Crippen MR) is 98.6 cm³/mol. The normalized spacial score (nSPS) is 11.9. The number of nitrogens with one attached hydrogen (secondary N) is 1. The van der Waals surface area contributed by atoms with Crippen molar-refractivity contribution in [3.8, 4) is 0 Å². The minimum Gasteiger partial charge on any atom is -0.267 e. The molecule has 1 amide bonds. The van der Waals surface area contributed by atoms with Gasteiger partial charge in [-0.3, -0.25) is 14.8 Å². The number of anilines is 1. The molecule has 2 heterocycles. The molecule has 11 heteroatoms. The third-order valence-corrected chi connectivity index (χ3v) is 4.17. The monoisotopic (exact) mass is 440 g/mol. The summed E-state index contributed by atoms with van der Waals surface area (Å²) in [6.07, 6.45) is -4.96. The first-order valence-corrected chi connectivity index (χ1v) is 8.72. The van der Waals surface area contributed by atoms with E-state index in [1.165, 1.54) is 36.9 Å². The largest absolute Gasteiger partial charge is 0.417 e. The lowest BCUT2D eigenvalue weighted by Gasteiger charge is -2.25. The van der Waals surface area contributed by atoms with Crippen LogP contribution in [0.1, 0.15) is 27.0 Å². The molecule has 2 aromatic heterocycles. The van der Waals surface area contributed by atoms with Crippen molar-refractivity contribution in [1.82, 2.24) is 15.4 Å². The van der Waals surface area contributed by atoms with Gasteiger partial charge < -0.3 is 0 Å². The number of halogens is 6. The maximum Gasteiger partial charge on any atom is 0.417 e. The molecular weight excluding hydrogens is 426 g/mol. The fraction of sp³-hybridized carbons (Fsp3) is 0.150. The zero-order chi connectivity index (χ0) is 22.6. The molecule has 0 bridgehead atoms. The number of nitrogens with zero attached hydrogens (tertiary/aromatic N) is 3. The van der Waals surface area contributed by atoms with Crippen LogP contribution in [-0.2, 0) is 18.9 Å². The molecule has 1 N–H and O–H groups in total. The number of alkyl halides is 6. The van der Waals surface area contributed by atoms with E-state index in [-0.39, 0.29) is 18.2 Å². The van der Waals surface area contributed by atoms with E-state index in [9.17, 15) is 31.1 Å². The Kier molecular flexibility index (Phi) is 6.25. The molecule has 0 unspecified atom stereocenters. The molecule has 31 heavy (non-hydrogen) atoms. The number of aromatic nitrogens is 2. The first-order chi connectivity index (χ1) is 14.6. The maximum atomic E-state index is 13.4. The van der Waals surface area contributed by atoms with Crippen LogP contribution in [0.15, 0.2) is 67.3 Å². The van der Waals surface area contributed by atoms with Crippen LogP contribution in [0.2, 0.25) is 0 Å². The summed E-state index contributed by atoms with van der Waals surface area (Å²) in [7, 11) is 0. The van der Waals surface area contributed by atoms with Crippen LogP contribution in [0.4, 0.5) is 32.0 Å². The molecule has 0 saturated heterocycles. The smallest absolute Gasteiger partial charge is 0.267 e. The minimum atomic E-state index is -5.28. The third kappa shape index (κ3) is 5.37. The van der Waals surface area contributed by atoms with E-state index >= 15 is 0 Å². The number of amides is 1. The van der Waals surface area contributed by atoms with Crippen molar-refractivity contribution in [2.75, 3.05) is 5.01 Å². The highest BCUT2D eigenvalue weighted by Gasteiger charge is 2.43. The molecule has 0 aliphatic carbocycles. The fourth-order valence-corrected chi connectivity index (χ4v) is 2.72. The van der Waals surface area contributed by atoms with Gasteiger partial charge in [-0.1, -0.05) is 0 Å². The van der Waals surface area contributed by atoms with E-state index < -0.39 is 35.1 Å². The molecule has 0 fully saturated rings. The van der Waals surface area contributed by atoms with Crippen LogP contribution >= 0.6 is 0 Å². The van der Waals surface area contributed by atoms with Crippen molar-refractivity contribution in [3.05, 3.63) is 89.5 Å². The minimum absolute atomic E-state index is 0.00308. The van der Waals surface area contributed by atoms with E-state index in [1.807, 2.05) is 0 Å². The van der Waals surface area contributed by atoms with Gasteiger partial charge in [0.1, 0.15) is 0 Å². The Morgan fingerprint density at radius 1 is 0.871 bits per heavy atom. The Morgan fingerprint density at radius 3 is 2.13 bits per heavy atom. The number of hydrogen-bond acceptors (Lipinski definition) is 4. The van der Waals surface area contributed by atoms with Crippen LogP contribution in [-0.4, -0.2) is 15.9 Å². The molecule has 0 atom stereocenters. The molecule has 1 aromatic carbocycles. The second kappa shape index (κ2) is 8.72. The summed E-state index contributed by atoms with van der Waals surface area (Å²) in [5.41, 5.74) is -0.817. The van der Waals surface area contributed by atoms with Gasteiger partial charge in [-0.15, -0.1) is 0 Å². The zero-order valence-electron chi connectivity index (χ0n) is 15.6. The molecule has 162 valence electrons. The highest BCUT2D eigenvalue weighted by Crippen LogP contribution is 2.41. The molecule has 0 radical (unpaired) electrons. The van der Waals surface area contributed by atoms with Crippen molar-refractivity contribution in [2.45, 2.75) is 18.9 Å².